The monoisotopic (exact) mass is 482 g/mol. The Bertz CT molecular complexity index is 1280. The normalized spacial score (nSPS) is 17.4. The molecule has 2 aliphatic rings. The van der Waals surface area contributed by atoms with Gasteiger partial charge in [-0.05, 0) is 43.0 Å². The fraction of sp³-hybridized carbons (Fsp3) is 0.360. The predicted molar refractivity (Wildman–Crippen MR) is 127 cm³/mol. The predicted octanol–water partition coefficient (Wildman–Crippen LogP) is 4.39. The van der Waals surface area contributed by atoms with Gasteiger partial charge in [-0.15, -0.1) is 0 Å². The molecule has 0 atom stereocenters. The molecule has 0 bridgehead atoms. The maximum absolute atomic E-state index is 13.8. The van der Waals surface area contributed by atoms with Gasteiger partial charge in [-0.2, -0.15) is 9.29 Å². The van der Waals surface area contributed by atoms with Crippen molar-refractivity contribution in [2.75, 3.05) is 24.5 Å². The smallest absolute Gasteiger partial charge is 0.243 e. The number of hydrogen-bond acceptors (Lipinski definition) is 6. The second-order valence-electron chi connectivity index (χ2n) is 8.88. The van der Waals surface area contributed by atoms with Gasteiger partial charge in [0.2, 0.25) is 21.9 Å². The van der Waals surface area contributed by atoms with Crippen LogP contribution in [0.5, 0.6) is 11.6 Å². The average Bonchev–Trinajstić information content (AvgIpc) is 2.85. The van der Waals surface area contributed by atoms with Gasteiger partial charge in [0.05, 0.1) is 16.2 Å². The van der Waals surface area contributed by atoms with E-state index in [9.17, 15) is 12.8 Å². The molecule has 0 unspecified atom stereocenters. The summed E-state index contributed by atoms with van der Waals surface area (Å²) < 4.78 is 47.8. The van der Waals surface area contributed by atoms with Crippen molar-refractivity contribution in [2.24, 2.45) is 5.92 Å². The van der Waals surface area contributed by atoms with E-state index in [-0.39, 0.29) is 17.3 Å². The number of nitrogens with zero attached hydrogens (tertiary/aromatic N) is 4. The first-order chi connectivity index (χ1) is 16.4. The first-order valence-electron chi connectivity index (χ1n) is 11.5. The first-order valence-corrected chi connectivity index (χ1v) is 13.0. The van der Waals surface area contributed by atoms with Crippen molar-refractivity contribution in [3.8, 4) is 11.6 Å². The lowest BCUT2D eigenvalue weighted by molar-refractivity contribution is 0.367. The third kappa shape index (κ3) is 4.63. The van der Waals surface area contributed by atoms with Crippen LogP contribution in [0.25, 0.3) is 0 Å². The van der Waals surface area contributed by atoms with Crippen LogP contribution < -0.4 is 9.64 Å². The average molecular weight is 483 g/mol. The van der Waals surface area contributed by atoms with Crippen LogP contribution in [-0.4, -0.2) is 42.3 Å². The minimum absolute atomic E-state index is 0.0918. The van der Waals surface area contributed by atoms with Crippen molar-refractivity contribution in [3.63, 3.8) is 0 Å². The molecule has 3 aromatic rings. The van der Waals surface area contributed by atoms with E-state index < -0.39 is 15.8 Å². The third-order valence-corrected chi connectivity index (χ3v) is 8.29. The quantitative estimate of drug-likeness (QED) is 0.537. The molecule has 1 aromatic heterocycles. The van der Waals surface area contributed by atoms with E-state index in [0.29, 0.717) is 36.1 Å². The van der Waals surface area contributed by atoms with Gasteiger partial charge in [-0.1, -0.05) is 31.2 Å². The molecule has 9 heteroatoms. The molecule has 2 aromatic carbocycles. The summed E-state index contributed by atoms with van der Waals surface area (Å²) in [6.45, 7) is 4.36. The van der Waals surface area contributed by atoms with Gasteiger partial charge in [0.25, 0.3) is 0 Å². The molecule has 7 nitrogen and oxygen atoms in total. The van der Waals surface area contributed by atoms with Crippen molar-refractivity contribution in [2.45, 2.75) is 37.6 Å². The molecule has 1 fully saturated rings. The number of rotatable bonds is 5. The number of sulfonamides is 1. The molecule has 3 heterocycles. The summed E-state index contributed by atoms with van der Waals surface area (Å²) in [6.07, 6.45) is 2.56. The van der Waals surface area contributed by atoms with Crippen LogP contribution in [0.2, 0.25) is 0 Å². The SMILES string of the molecule is CC1CCN(c2nc3c(c(Oc4cccc(F)c4)n2)CN(S(=O)(=O)c2ccccc2)CC3)CC1. The van der Waals surface area contributed by atoms with E-state index >= 15 is 0 Å². The van der Waals surface area contributed by atoms with E-state index in [2.05, 4.69) is 11.8 Å². The number of fused-ring (bicyclic) bond motifs is 1. The third-order valence-electron chi connectivity index (χ3n) is 6.43. The van der Waals surface area contributed by atoms with Crippen LogP contribution >= 0.6 is 0 Å². The number of piperidine rings is 1. The molecular formula is C25H27FN4O3S. The van der Waals surface area contributed by atoms with Crippen molar-refractivity contribution >= 4 is 16.0 Å². The molecule has 34 heavy (non-hydrogen) atoms. The van der Waals surface area contributed by atoms with Crippen LogP contribution in [0, 0.1) is 11.7 Å². The Morgan fingerprint density at radius 1 is 1.00 bits per heavy atom. The lowest BCUT2D eigenvalue weighted by atomic mass is 9.99. The highest BCUT2D eigenvalue weighted by atomic mass is 32.2. The van der Waals surface area contributed by atoms with E-state index in [0.717, 1.165) is 31.6 Å². The van der Waals surface area contributed by atoms with Crippen LogP contribution in [0.15, 0.2) is 59.5 Å². The number of halogens is 1. The molecule has 0 amide bonds. The zero-order chi connectivity index (χ0) is 23.7. The molecule has 0 N–H and O–H groups in total. The van der Waals surface area contributed by atoms with Gasteiger partial charge in [-0.3, -0.25) is 0 Å². The molecular weight excluding hydrogens is 455 g/mol. The van der Waals surface area contributed by atoms with Crippen molar-refractivity contribution < 1.29 is 17.5 Å². The van der Waals surface area contributed by atoms with Gasteiger partial charge >= 0.3 is 0 Å². The van der Waals surface area contributed by atoms with Crippen LogP contribution in [0.4, 0.5) is 10.3 Å². The van der Waals surface area contributed by atoms with Crippen LogP contribution in [0.1, 0.15) is 31.0 Å². The minimum atomic E-state index is -3.69. The summed E-state index contributed by atoms with van der Waals surface area (Å²) in [5, 5.41) is 0. The molecule has 0 saturated carbocycles. The lowest BCUT2D eigenvalue weighted by Gasteiger charge is -2.33. The standard InChI is InChI=1S/C25H27FN4O3S/c1-18-10-13-29(14-11-18)25-27-23-12-15-30(34(31,32)21-8-3-2-4-9-21)17-22(23)24(28-25)33-20-7-5-6-19(26)16-20/h2-9,16,18H,10-15,17H2,1H3. The van der Waals surface area contributed by atoms with Crippen LogP contribution in [0.3, 0.4) is 0 Å². The van der Waals surface area contributed by atoms with Crippen molar-refractivity contribution in [3.05, 3.63) is 71.7 Å². The van der Waals surface area contributed by atoms with Crippen molar-refractivity contribution in [1.29, 1.82) is 0 Å². The lowest BCUT2D eigenvalue weighted by Crippen LogP contribution is -2.38. The van der Waals surface area contributed by atoms with Gasteiger partial charge in [-0.25, -0.2) is 17.8 Å². The van der Waals surface area contributed by atoms with Crippen molar-refractivity contribution in [1.82, 2.24) is 14.3 Å². The number of aromatic nitrogens is 2. The Labute approximate surface area is 199 Å². The summed E-state index contributed by atoms with van der Waals surface area (Å²) >= 11 is 0. The second kappa shape index (κ2) is 9.31. The molecule has 0 aliphatic carbocycles. The highest BCUT2D eigenvalue weighted by Crippen LogP contribution is 2.34. The summed E-state index contributed by atoms with van der Waals surface area (Å²) in [7, 11) is -3.69. The Kier molecular flexibility index (Phi) is 6.22. The summed E-state index contributed by atoms with van der Waals surface area (Å²) in [4.78, 5) is 11.9. The Morgan fingerprint density at radius 2 is 1.76 bits per heavy atom. The Hall–Kier alpha value is -3.04. The fourth-order valence-corrected chi connectivity index (χ4v) is 5.80. The van der Waals surface area contributed by atoms with Gasteiger partial charge < -0.3 is 9.64 Å². The number of anilines is 1. The van der Waals surface area contributed by atoms with E-state index in [1.807, 2.05) is 0 Å². The number of ether oxygens (including phenoxy) is 1. The zero-order valence-electron chi connectivity index (χ0n) is 19.0. The summed E-state index contributed by atoms with van der Waals surface area (Å²) in [6, 6.07) is 14.2. The molecule has 5 rings (SSSR count). The van der Waals surface area contributed by atoms with E-state index in [1.54, 1.807) is 42.5 Å². The number of hydrogen-bond donors (Lipinski definition) is 0. The van der Waals surface area contributed by atoms with Gasteiger partial charge in [0.15, 0.2) is 0 Å². The highest BCUT2D eigenvalue weighted by Gasteiger charge is 2.32. The van der Waals surface area contributed by atoms with Gasteiger partial charge in [0, 0.05) is 38.7 Å². The number of benzene rings is 2. The van der Waals surface area contributed by atoms with E-state index in [1.165, 1.54) is 16.4 Å². The molecule has 1 saturated heterocycles. The maximum atomic E-state index is 13.8. The fourth-order valence-electron chi connectivity index (χ4n) is 4.37. The largest absolute Gasteiger partial charge is 0.438 e. The minimum Gasteiger partial charge on any atom is -0.438 e. The Morgan fingerprint density at radius 3 is 2.50 bits per heavy atom. The Balaban J connectivity index is 1.51. The summed E-state index contributed by atoms with van der Waals surface area (Å²) in [5.74, 6) is 1.41. The molecule has 2 aliphatic heterocycles. The zero-order valence-corrected chi connectivity index (χ0v) is 19.8. The topological polar surface area (TPSA) is 75.6 Å². The maximum Gasteiger partial charge on any atom is 0.243 e. The van der Waals surface area contributed by atoms with Crippen LogP contribution in [-0.2, 0) is 23.0 Å². The summed E-state index contributed by atoms with van der Waals surface area (Å²) in [5.41, 5.74) is 1.39. The second-order valence-corrected chi connectivity index (χ2v) is 10.8. The molecule has 178 valence electrons. The molecule has 0 radical (unpaired) electrons. The molecule has 0 spiro atoms. The highest BCUT2D eigenvalue weighted by molar-refractivity contribution is 7.89. The van der Waals surface area contributed by atoms with Gasteiger partial charge in [0.1, 0.15) is 11.6 Å². The first kappa shape index (κ1) is 22.7. The van der Waals surface area contributed by atoms with E-state index in [4.69, 9.17) is 14.7 Å².